The molecule has 0 aliphatic heterocycles. The van der Waals surface area contributed by atoms with Crippen LogP contribution in [-0.4, -0.2) is 23.2 Å². The summed E-state index contributed by atoms with van der Waals surface area (Å²) in [6.07, 6.45) is 0. The Bertz CT molecular complexity index is 1190. The Morgan fingerprint density at radius 1 is 0.690 bits per heavy atom. The average molecular weight is 494 g/mol. The Morgan fingerprint density at radius 3 is 1.86 bits per heavy atom. The zero-order chi connectivity index (χ0) is 21.6. The first kappa shape index (κ1) is 22.0. The zero-order valence-electron chi connectivity index (χ0n) is 14.3. The molecule has 0 fully saturated rings. The zero-order valence-corrected chi connectivity index (χ0v) is 18.1. The molecular weight excluding hydrogens is 482 g/mol. The van der Waals surface area contributed by atoms with Gasteiger partial charge in [0.2, 0.25) is 0 Å². The summed E-state index contributed by atoms with van der Waals surface area (Å²) in [5.41, 5.74) is -1.16. The topological polar surface area (TPSA) is 94.8 Å². The van der Waals surface area contributed by atoms with Crippen molar-refractivity contribution in [2.45, 2.75) is 4.75 Å². The lowest BCUT2D eigenvalue weighted by Gasteiger charge is -2.35. The number of hydrogen-bond acceptors (Lipinski definition) is 4. The van der Waals surface area contributed by atoms with E-state index >= 15 is 0 Å². The number of halogens is 4. The summed E-state index contributed by atoms with van der Waals surface area (Å²) in [5, 5.41) is 20.4. The second-order valence-electron chi connectivity index (χ2n) is 6.03. The van der Waals surface area contributed by atoms with Crippen molar-refractivity contribution in [2.24, 2.45) is 0 Å². The lowest BCUT2D eigenvalue weighted by molar-refractivity contribution is 0.428. The standard InChI is InChI=1S/C19H12Cl4O5S/c20-11-5-2-1-4-10(11)19(29(26,27)28,16-12(21)6-3-7-14(16)24)17-15(25)9-8-13(22)18(17)23/h1-9,24-25H,(H,26,27,28). The maximum Gasteiger partial charge on any atom is 0.283 e. The SMILES string of the molecule is O=S(=O)(O)C(c1ccccc1Cl)(c1c(O)cccc1Cl)c1c(O)ccc(Cl)c1Cl. The van der Waals surface area contributed by atoms with Gasteiger partial charge in [-0.15, -0.1) is 0 Å². The molecule has 0 aromatic heterocycles. The van der Waals surface area contributed by atoms with Crippen molar-refractivity contribution < 1.29 is 23.2 Å². The second-order valence-corrected chi connectivity index (χ2v) is 9.19. The highest BCUT2D eigenvalue weighted by molar-refractivity contribution is 7.87. The summed E-state index contributed by atoms with van der Waals surface area (Å²) < 4.78 is 33.9. The molecule has 3 N–H and O–H groups in total. The number of benzene rings is 3. The van der Waals surface area contributed by atoms with E-state index in [1.807, 2.05) is 0 Å². The van der Waals surface area contributed by atoms with Gasteiger partial charge in [0, 0.05) is 26.7 Å². The van der Waals surface area contributed by atoms with Gasteiger partial charge < -0.3 is 10.2 Å². The molecule has 152 valence electrons. The molecule has 5 nitrogen and oxygen atoms in total. The third kappa shape index (κ3) is 3.44. The predicted molar refractivity (Wildman–Crippen MR) is 114 cm³/mol. The molecule has 3 aromatic rings. The van der Waals surface area contributed by atoms with Crippen molar-refractivity contribution in [1.29, 1.82) is 0 Å². The van der Waals surface area contributed by atoms with Crippen molar-refractivity contribution >= 4 is 56.5 Å². The normalized spacial score (nSPS) is 13.8. The van der Waals surface area contributed by atoms with E-state index in [0.717, 1.165) is 6.07 Å². The first-order chi connectivity index (χ1) is 13.5. The minimum Gasteiger partial charge on any atom is -0.508 e. The van der Waals surface area contributed by atoms with Gasteiger partial charge in [0.05, 0.1) is 10.0 Å². The summed E-state index contributed by atoms with van der Waals surface area (Å²) in [7, 11) is -5.25. The smallest absolute Gasteiger partial charge is 0.283 e. The van der Waals surface area contributed by atoms with Crippen LogP contribution in [0, 0.1) is 0 Å². The number of phenols is 2. The molecule has 0 aliphatic carbocycles. The second kappa shape index (κ2) is 7.87. The Balaban J connectivity index is 2.73. The summed E-state index contributed by atoms with van der Waals surface area (Å²) in [4.78, 5) is 0. The Kier molecular flexibility index (Phi) is 5.98. The molecule has 0 saturated heterocycles. The molecule has 29 heavy (non-hydrogen) atoms. The van der Waals surface area contributed by atoms with Crippen LogP contribution in [-0.2, 0) is 14.9 Å². The average Bonchev–Trinajstić information content (AvgIpc) is 2.63. The molecule has 0 saturated carbocycles. The van der Waals surface area contributed by atoms with Gasteiger partial charge in [0.25, 0.3) is 10.1 Å². The van der Waals surface area contributed by atoms with E-state index in [1.54, 1.807) is 0 Å². The molecule has 0 amide bonds. The lowest BCUT2D eigenvalue weighted by atomic mass is 9.82. The molecule has 0 spiro atoms. The van der Waals surface area contributed by atoms with E-state index in [-0.39, 0.29) is 25.7 Å². The van der Waals surface area contributed by atoms with Crippen LogP contribution in [0.4, 0.5) is 0 Å². The van der Waals surface area contributed by atoms with E-state index in [4.69, 9.17) is 46.4 Å². The van der Waals surface area contributed by atoms with E-state index in [9.17, 15) is 23.2 Å². The molecule has 0 radical (unpaired) electrons. The van der Waals surface area contributed by atoms with E-state index in [1.165, 1.54) is 48.5 Å². The highest BCUT2D eigenvalue weighted by Crippen LogP contribution is 2.56. The van der Waals surface area contributed by atoms with Crippen molar-refractivity contribution in [3.8, 4) is 11.5 Å². The van der Waals surface area contributed by atoms with E-state index in [0.29, 0.717) is 0 Å². The van der Waals surface area contributed by atoms with Crippen LogP contribution < -0.4 is 0 Å². The third-order valence-electron chi connectivity index (χ3n) is 4.41. The maximum atomic E-state index is 13.0. The third-order valence-corrected chi connectivity index (χ3v) is 7.26. The molecule has 0 bridgehead atoms. The minimum atomic E-state index is -5.25. The van der Waals surface area contributed by atoms with Gasteiger partial charge in [-0.1, -0.05) is 70.7 Å². The number of hydrogen-bond donors (Lipinski definition) is 3. The van der Waals surface area contributed by atoms with Crippen LogP contribution in [0.15, 0.2) is 54.6 Å². The lowest BCUT2D eigenvalue weighted by Crippen LogP contribution is -2.39. The minimum absolute atomic E-state index is 0.0973. The molecule has 10 heteroatoms. The summed E-state index contributed by atoms with van der Waals surface area (Å²) >= 11 is 25.0. The maximum absolute atomic E-state index is 13.0. The summed E-state index contributed by atoms with van der Waals surface area (Å²) in [6, 6.07) is 11.9. The molecule has 3 rings (SSSR count). The largest absolute Gasteiger partial charge is 0.508 e. The Hall–Kier alpha value is -1.67. The summed E-state index contributed by atoms with van der Waals surface area (Å²) in [6.45, 7) is 0. The van der Waals surface area contributed by atoms with Crippen molar-refractivity contribution in [3.05, 3.63) is 91.4 Å². The monoisotopic (exact) mass is 492 g/mol. The van der Waals surface area contributed by atoms with Gasteiger partial charge in [-0.05, 0) is 30.3 Å². The van der Waals surface area contributed by atoms with Crippen LogP contribution in [0.5, 0.6) is 11.5 Å². The van der Waals surface area contributed by atoms with Gasteiger partial charge in [0.15, 0.2) is 4.75 Å². The van der Waals surface area contributed by atoms with Crippen molar-refractivity contribution in [2.75, 3.05) is 0 Å². The van der Waals surface area contributed by atoms with Crippen LogP contribution in [0.3, 0.4) is 0 Å². The fraction of sp³-hybridized carbons (Fsp3) is 0.0526. The molecule has 1 unspecified atom stereocenters. The van der Waals surface area contributed by atoms with Gasteiger partial charge >= 0.3 is 0 Å². The van der Waals surface area contributed by atoms with Crippen LogP contribution in [0.1, 0.15) is 16.7 Å². The predicted octanol–water partition coefficient (Wildman–Crippen LogP) is 5.89. The first-order valence-corrected chi connectivity index (χ1v) is 10.9. The number of rotatable bonds is 4. The molecule has 3 aromatic carbocycles. The van der Waals surface area contributed by atoms with Crippen LogP contribution >= 0.6 is 46.4 Å². The molecule has 0 aliphatic rings. The van der Waals surface area contributed by atoms with Crippen LogP contribution in [0.25, 0.3) is 0 Å². The van der Waals surface area contributed by atoms with E-state index < -0.39 is 37.5 Å². The van der Waals surface area contributed by atoms with Crippen molar-refractivity contribution in [3.63, 3.8) is 0 Å². The van der Waals surface area contributed by atoms with Crippen molar-refractivity contribution in [1.82, 2.24) is 0 Å². The molecular formula is C19H12Cl4O5S. The van der Waals surface area contributed by atoms with Gasteiger partial charge in [-0.3, -0.25) is 4.55 Å². The fourth-order valence-electron chi connectivity index (χ4n) is 3.27. The van der Waals surface area contributed by atoms with Crippen LogP contribution in [0.2, 0.25) is 20.1 Å². The highest BCUT2D eigenvalue weighted by atomic mass is 35.5. The Morgan fingerprint density at radius 2 is 1.28 bits per heavy atom. The van der Waals surface area contributed by atoms with Gasteiger partial charge in [-0.2, -0.15) is 8.42 Å². The summed E-state index contributed by atoms with van der Waals surface area (Å²) in [5.74, 6) is -1.19. The molecule has 1 atom stereocenters. The number of phenolic OH excluding ortho intramolecular Hbond substituents is 2. The van der Waals surface area contributed by atoms with E-state index in [2.05, 4.69) is 0 Å². The van der Waals surface area contributed by atoms with Gasteiger partial charge in [-0.25, -0.2) is 0 Å². The highest BCUT2D eigenvalue weighted by Gasteiger charge is 2.55. The quantitative estimate of drug-likeness (QED) is 0.311. The molecule has 0 heterocycles. The number of aromatic hydroxyl groups is 2. The Labute approximate surface area is 186 Å². The fourth-order valence-corrected chi connectivity index (χ4v) is 5.88. The van der Waals surface area contributed by atoms with Gasteiger partial charge in [0.1, 0.15) is 11.5 Å². The first-order valence-electron chi connectivity index (χ1n) is 7.91.